The van der Waals surface area contributed by atoms with Gasteiger partial charge in [0.15, 0.2) is 0 Å². The van der Waals surface area contributed by atoms with Crippen LogP contribution in [-0.2, 0) is 55.9 Å². The molecule has 0 fully saturated rings. The fraction of sp³-hybridized carbons (Fsp3) is 0.868. The van der Waals surface area contributed by atoms with Crippen LogP contribution in [0.1, 0.15) is 103 Å². The first-order valence-electron chi connectivity index (χ1n) is 21.4. The molecule has 0 radical (unpaired) electrons. The van der Waals surface area contributed by atoms with E-state index in [4.69, 9.17) is 18.5 Å². The van der Waals surface area contributed by atoms with Crippen LogP contribution in [0.3, 0.4) is 0 Å². The van der Waals surface area contributed by atoms with Gasteiger partial charge in [0.25, 0.3) is 0 Å². The lowest BCUT2D eigenvalue weighted by Gasteiger charge is -2.22. The molecule has 0 heterocycles. The second-order valence-corrected chi connectivity index (χ2v) is 19.3. The van der Waals surface area contributed by atoms with Crippen molar-refractivity contribution in [3.63, 3.8) is 0 Å². The molecule has 0 aliphatic heterocycles. The summed E-state index contributed by atoms with van der Waals surface area (Å²) in [5.74, 6) is 2.10. The summed E-state index contributed by atoms with van der Waals surface area (Å²) in [4.78, 5) is 81.4. The van der Waals surface area contributed by atoms with Crippen LogP contribution in [0.2, 0.25) is 0 Å². The number of unbranched alkanes of at least 4 members (excludes halogenated alkanes) is 10. The fourth-order valence-electron chi connectivity index (χ4n) is 5.28. The summed E-state index contributed by atoms with van der Waals surface area (Å²) in [6.45, 7) is 2.54. The van der Waals surface area contributed by atoms with E-state index in [1.54, 1.807) is 23.5 Å². The molecule has 2 unspecified atom stereocenters. The van der Waals surface area contributed by atoms with Crippen molar-refractivity contribution < 1.29 is 70.5 Å². The van der Waals surface area contributed by atoms with Crippen molar-refractivity contribution in [2.45, 2.75) is 103 Å². The Balaban J connectivity index is 4.02. The standard InChI is InChI=1S/C38H75N5O15P2S2/c1-53-28-29-56-38(48)43(24-22-41-34(44)18-10-8-12-20-39-36(46)32-61-30-16-6-4-14-26-57-59(49,50)54-2)25-23-42-35(45)19-11-9-13-21-40-37(47)33-62-31-17-7-5-15-27-58-60(51,52)55-3/h4-33H2,1-3H3,(H,39,46)(H,40,47)(H,41,44)(H,42,45)(H,49,50)(H,51,52). The highest BCUT2D eigenvalue weighted by molar-refractivity contribution is 8.00. The zero-order valence-corrected chi connectivity index (χ0v) is 40.5. The van der Waals surface area contributed by atoms with Gasteiger partial charge in [-0.05, 0) is 62.9 Å². The maximum absolute atomic E-state index is 12.7. The number of amides is 5. The zero-order valence-electron chi connectivity index (χ0n) is 37.1. The second-order valence-electron chi connectivity index (χ2n) is 14.0. The van der Waals surface area contributed by atoms with E-state index >= 15 is 0 Å². The summed E-state index contributed by atoms with van der Waals surface area (Å²) in [5.41, 5.74) is 0. The number of carbonyl (C=O) groups excluding carboxylic acids is 5. The Morgan fingerprint density at radius 2 is 0.903 bits per heavy atom. The highest BCUT2D eigenvalue weighted by atomic mass is 32.2. The number of ether oxygens (including phenoxy) is 2. The highest BCUT2D eigenvalue weighted by Gasteiger charge is 2.19. The zero-order chi connectivity index (χ0) is 46.2. The van der Waals surface area contributed by atoms with Gasteiger partial charge in [-0.15, -0.1) is 0 Å². The Bertz CT molecular complexity index is 1230. The molecular formula is C38H75N5O15P2S2. The number of phosphoric acid groups is 2. The Labute approximate surface area is 377 Å². The third-order valence-corrected chi connectivity index (χ3v) is 12.8. The maximum Gasteiger partial charge on any atom is 0.471 e. The minimum atomic E-state index is -3.91. The van der Waals surface area contributed by atoms with Crippen LogP contribution in [0.15, 0.2) is 0 Å². The molecule has 0 spiro atoms. The Morgan fingerprint density at radius 1 is 0.500 bits per heavy atom. The maximum atomic E-state index is 12.7. The van der Waals surface area contributed by atoms with Gasteiger partial charge < -0.3 is 45.4 Å². The lowest BCUT2D eigenvalue weighted by atomic mass is 10.2. The molecule has 0 saturated carbocycles. The smallest absolute Gasteiger partial charge is 0.447 e. The van der Waals surface area contributed by atoms with E-state index in [-0.39, 0.29) is 76.2 Å². The largest absolute Gasteiger partial charge is 0.471 e. The van der Waals surface area contributed by atoms with Crippen LogP contribution in [0.4, 0.5) is 4.79 Å². The number of rotatable bonds is 43. The topological polar surface area (TPSA) is 267 Å². The molecule has 0 aliphatic carbocycles. The van der Waals surface area contributed by atoms with Gasteiger partial charge in [0.1, 0.15) is 6.61 Å². The summed E-state index contributed by atoms with van der Waals surface area (Å²) >= 11 is 3.12. The van der Waals surface area contributed by atoms with Crippen LogP contribution in [-0.4, -0.2) is 154 Å². The average Bonchev–Trinajstić information content (AvgIpc) is 3.24. The lowest BCUT2D eigenvalue weighted by molar-refractivity contribution is -0.121. The van der Waals surface area contributed by atoms with E-state index in [9.17, 15) is 42.9 Å². The number of thioether (sulfide) groups is 2. The van der Waals surface area contributed by atoms with Gasteiger partial charge in [0, 0.05) is 73.4 Å². The number of phosphoric ester groups is 2. The lowest BCUT2D eigenvalue weighted by Crippen LogP contribution is -2.43. The molecule has 0 aromatic rings. The van der Waals surface area contributed by atoms with Gasteiger partial charge >= 0.3 is 21.7 Å². The van der Waals surface area contributed by atoms with Gasteiger partial charge in [-0.25, -0.2) is 13.9 Å². The first-order chi connectivity index (χ1) is 29.7. The predicted octanol–water partition coefficient (Wildman–Crippen LogP) is 4.77. The number of nitrogens with one attached hydrogen (secondary N) is 4. The molecule has 62 heavy (non-hydrogen) atoms. The van der Waals surface area contributed by atoms with E-state index < -0.39 is 21.7 Å². The molecule has 0 bridgehead atoms. The second kappa shape index (κ2) is 40.5. The molecule has 364 valence electrons. The quantitative estimate of drug-likeness (QED) is 0.0355. The average molecular weight is 968 g/mol. The summed E-state index contributed by atoms with van der Waals surface area (Å²) in [6.07, 6.45) is 11.2. The molecule has 0 rings (SSSR count). The van der Waals surface area contributed by atoms with Crippen molar-refractivity contribution in [1.82, 2.24) is 26.2 Å². The first kappa shape index (κ1) is 60.0. The van der Waals surface area contributed by atoms with Crippen molar-refractivity contribution in [3.05, 3.63) is 0 Å². The third-order valence-electron chi connectivity index (χ3n) is 8.79. The van der Waals surface area contributed by atoms with E-state index in [0.717, 1.165) is 89.9 Å². The normalized spacial score (nSPS) is 13.1. The van der Waals surface area contributed by atoms with Crippen LogP contribution in [0.5, 0.6) is 0 Å². The molecule has 0 aliphatic rings. The minimum absolute atomic E-state index is 0.0283. The minimum Gasteiger partial charge on any atom is -0.447 e. The van der Waals surface area contributed by atoms with Crippen molar-refractivity contribution in [2.75, 3.05) is 110 Å². The van der Waals surface area contributed by atoms with Crippen LogP contribution in [0, 0.1) is 0 Å². The van der Waals surface area contributed by atoms with Crippen molar-refractivity contribution >= 4 is 68.9 Å². The van der Waals surface area contributed by atoms with Gasteiger partial charge in [-0.3, -0.25) is 37.3 Å². The monoisotopic (exact) mass is 967 g/mol. The molecular weight excluding hydrogens is 893 g/mol. The number of nitrogens with zero attached hydrogens (tertiary/aromatic N) is 1. The summed E-state index contributed by atoms with van der Waals surface area (Å²) in [5, 5.41) is 11.4. The van der Waals surface area contributed by atoms with Crippen molar-refractivity contribution in [1.29, 1.82) is 0 Å². The molecule has 0 saturated heterocycles. The Morgan fingerprint density at radius 3 is 1.32 bits per heavy atom. The number of carbonyl (C=O) groups is 5. The van der Waals surface area contributed by atoms with Gasteiger partial charge in [-0.1, -0.05) is 38.5 Å². The SMILES string of the molecule is COCCOC(=O)N(CCNC(=O)CCCCCNC(=O)CSCCCCCCOP(=O)(O)OC)CCNC(=O)CCCCCNC(=O)CSCCCCCCOP(=O)(O)OC. The predicted molar refractivity (Wildman–Crippen MR) is 241 cm³/mol. The van der Waals surface area contributed by atoms with E-state index in [0.29, 0.717) is 63.1 Å². The first-order valence-corrected chi connectivity index (χ1v) is 26.7. The summed E-state index contributed by atoms with van der Waals surface area (Å²) in [7, 11) is -4.07. The molecule has 24 heteroatoms. The summed E-state index contributed by atoms with van der Waals surface area (Å²) < 4.78 is 50.9. The Kier molecular flexibility index (Phi) is 39.2. The molecule has 2 atom stereocenters. The fourth-order valence-corrected chi connectivity index (χ4v) is 7.89. The summed E-state index contributed by atoms with van der Waals surface area (Å²) in [6, 6.07) is 0. The Hall–Kier alpha value is -1.97. The van der Waals surface area contributed by atoms with E-state index in [2.05, 4.69) is 30.3 Å². The molecule has 6 N–H and O–H groups in total. The van der Waals surface area contributed by atoms with Crippen molar-refractivity contribution in [2.24, 2.45) is 0 Å². The van der Waals surface area contributed by atoms with Crippen LogP contribution < -0.4 is 21.3 Å². The van der Waals surface area contributed by atoms with Crippen molar-refractivity contribution in [3.8, 4) is 0 Å². The van der Waals surface area contributed by atoms with Gasteiger partial charge in [-0.2, -0.15) is 23.5 Å². The number of methoxy groups -OCH3 is 1. The van der Waals surface area contributed by atoms with Crippen LogP contribution >= 0.6 is 39.2 Å². The van der Waals surface area contributed by atoms with Crippen LogP contribution in [0.25, 0.3) is 0 Å². The molecule has 20 nitrogen and oxygen atoms in total. The van der Waals surface area contributed by atoms with Gasteiger partial charge in [0.2, 0.25) is 23.6 Å². The molecule has 0 aromatic carbocycles. The number of hydrogen-bond acceptors (Lipinski definition) is 15. The van der Waals surface area contributed by atoms with E-state index in [1.807, 2.05) is 0 Å². The third kappa shape index (κ3) is 39.6. The van der Waals surface area contributed by atoms with Gasteiger partial charge in [0.05, 0.1) is 31.3 Å². The molecule has 0 aromatic heterocycles. The molecule has 5 amide bonds. The van der Waals surface area contributed by atoms with E-state index in [1.165, 1.54) is 12.0 Å². The highest BCUT2D eigenvalue weighted by Crippen LogP contribution is 2.42. The number of hydrogen-bond donors (Lipinski definition) is 6.